The van der Waals surface area contributed by atoms with Crippen molar-refractivity contribution in [3.8, 4) is 22.6 Å². The lowest BCUT2D eigenvalue weighted by Gasteiger charge is -2.10. The number of phenolic OH excluding ortho intramolecular Hbond substituents is 1. The molecule has 2 N–H and O–H groups in total. The minimum atomic E-state index is -0.291. The summed E-state index contributed by atoms with van der Waals surface area (Å²) in [6, 6.07) is 13.5. The van der Waals surface area contributed by atoms with Crippen molar-refractivity contribution in [1.82, 2.24) is 4.98 Å². The third-order valence-corrected chi connectivity index (χ3v) is 3.65. The number of hydrogen-bond acceptors (Lipinski definition) is 4. The van der Waals surface area contributed by atoms with Gasteiger partial charge in [0.15, 0.2) is 0 Å². The standard InChI is InChI=1S/C19H17FN2O2/c1-24-18-5-6-19(20)15(9-18)11-22-16-7-14(10-21-12-16)13-3-2-4-17(23)8-13/h2-10,12,22-23H,11H2,1H3. The Labute approximate surface area is 139 Å². The predicted molar refractivity (Wildman–Crippen MR) is 91.6 cm³/mol. The Morgan fingerprint density at radius 3 is 2.75 bits per heavy atom. The van der Waals surface area contributed by atoms with Gasteiger partial charge in [-0.05, 0) is 42.0 Å². The van der Waals surface area contributed by atoms with Crippen LogP contribution in [0.4, 0.5) is 10.1 Å². The number of methoxy groups -OCH3 is 1. The highest BCUT2D eigenvalue weighted by atomic mass is 19.1. The van der Waals surface area contributed by atoms with Gasteiger partial charge in [0, 0.05) is 30.1 Å². The fraction of sp³-hybridized carbons (Fsp3) is 0.105. The van der Waals surface area contributed by atoms with E-state index in [1.807, 2.05) is 12.1 Å². The van der Waals surface area contributed by atoms with E-state index in [2.05, 4.69) is 10.3 Å². The van der Waals surface area contributed by atoms with Crippen LogP contribution in [0.2, 0.25) is 0 Å². The van der Waals surface area contributed by atoms with Gasteiger partial charge in [0.25, 0.3) is 0 Å². The van der Waals surface area contributed by atoms with Crippen LogP contribution in [0.15, 0.2) is 60.9 Å². The normalized spacial score (nSPS) is 10.4. The van der Waals surface area contributed by atoms with Gasteiger partial charge >= 0.3 is 0 Å². The number of halogens is 1. The molecule has 0 atom stereocenters. The third kappa shape index (κ3) is 3.63. The molecule has 5 heteroatoms. The lowest BCUT2D eigenvalue weighted by atomic mass is 10.1. The molecule has 0 amide bonds. The number of aromatic hydroxyl groups is 1. The van der Waals surface area contributed by atoms with Crippen molar-refractivity contribution in [3.63, 3.8) is 0 Å². The molecule has 0 spiro atoms. The Kier molecular flexibility index (Phi) is 4.61. The quantitative estimate of drug-likeness (QED) is 0.738. The van der Waals surface area contributed by atoms with Gasteiger partial charge in [0.1, 0.15) is 17.3 Å². The van der Waals surface area contributed by atoms with E-state index in [1.54, 1.807) is 49.8 Å². The van der Waals surface area contributed by atoms with E-state index in [0.29, 0.717) is 17.9 Å². The lowest BCUT2D eigenvalue weighted by molar-refractivity contribution is 0.413. The van der Waals surface area contributed by atoms with E-state index >= 15 is 0 Å². The van der Waals surface area contributed by atoms with Crippen LogP contribution in [0.1, 0.15) is 5.56 Å². The van der Waals surface area contributed by atoms with Crippen molar-refractivity contribution in [2.45, 2.75) is 6.54 Å². The molecule has 1 aromatic heterocycles. The highest BCUT2D eigenvalue weighted by molar-refractivity contribution is 5.67. The molecular weight excluding hydrogens is 307 g/mol. The zero-order valence-corrected chi connectivity index (χ0v) is 13.2. The second-order valence-electron chi connectivity index (χ2n) is 5.32. The Morgan fingerprint density at radius 2 is 1.96 bits per heavy atom. The molecule has 0 aliphatic rings. The number of ether oxygens (including phenoxy) is 1. The van der Waals surface area contributed by atoms with E-state index in [0.717, 1.165) is 16.8 Å². The molecular formula is C19H17FN2O2. The van der Waals surface area contributed by atoms with Crippen LogP contribution < -0.4 is 10.1 Å². The summed E-state index contributed by atoms with van der Waals surface area (Å²) in [5.74, 6) is 0.518. The molecule has 0 bridgehead atoms. The largest absolute Gasteiger partial charge is 0.508 e. The van der Waals surface area contributed by atoms with Crippen molar-refractivity contribution >= 4 is 5.69 Å². The number of nitrogens with one attached hydrogen (secondary N) is 1. The SMILES string of the molecule is COc1ccc(F)c(CNc2cncc(-c3cccc(O)c3)c2)c1. The van der Waals surface area contributed by atoms with Crippen LogP contribution >= 0.6 is 0 Å². The van der Waals surface area contributed by atoms with Crippen LogP contribution in [-0.4, -0.2) is 17.2 Å². The molecule has 2 aromatic carbocycles. The van der Waals surface area contributed by atoms with Crippen LogP contribution in [0.3, 0.4) is 0 Å². The second-order valence-corrected chi connectivity index (χ2v) is 5.32. The maximum absolute atomic E-state index is 13.9. The predicted octanol–water partition coefficient (Wildman–Crippen LogP) is 4.21. The summed E-state index contributed by atoms with van der Waals surface area (Å²) in [6.45, 7) is 0.314. The molecule has 0 aliphatic carbocycles. The van der Waals surface area contributed by atoms with Crippen molar-refractivity contribution in [2.24, 2.45) is 0 Å². The molecule has 4 nitrogen and oxygen atoms in total. The maximum Gasteiger partial charge on any atom is 0.128 e. The molecule has 0 saturated carbocycles. The number of pyridine rings is 1. The minimum Gasteiger partial charge on any atom is -0.508 e. The zero-order valence-electron chi connectivity index (χ0n) is 13.2. The number of anilines is 1. The topological polar surface area (TPSA) is 54.4 Å². The molecule has 122 valence electrons. The van der Waals surface area contributed by atoms with Crippen LogP contribution in [0.25, 0.3) is 11.1 Å². The number of hydrogen-bond donors (Lipinski definition) is 2. The summed E-state index contributed by atoms with van der Waals surface area (Å²) in [6.07, 6.45) is 3.39. The van der Waals surface area contributed by atoms with Gasteiger partial charge in [-0.15, -0.1) is 0 Å². The average molecular weight is 324 g/mol. The molecule has 3 rings (SSSR count). The molecule has 0 radical (unpaired) electrons. The Hall–Kier alpha value is -3.08. The molecule has 0 aliphatic heterocycles. The first kappa shape index (κ1) is 15.8. The van der Waals surface area contributed by atoms with Gasteiger partial charge in [0.2, 0.25) is 0 Å². The first-order chi connectivity index (χ1) is 11.7. The van der Waals surface area contributed by atoms with Gasteiger partial charge in [-0.1, -0.05) is 12.1 Å². The van der Waals surface area contributed by atoms with E-state index in [4.69, 9.17) is 4.74 Å². The van der Waals surface area contributed by atoms with E-state index in [-0.39, 0.29) is 11.6 Å². The number of benzene rings is 2. The summed E-state index contributed by atoms with van der Waals surface area (Å²) in [7, 11) is 1.55. The van der Waals surface area contributed by atoms with Gasteiger partial charge < -0.3 is 15.2 Å². The monoisotopic (exact) mass is 324 g/mol. The summed E-state index contributed by atoms with van der Waals surface area (Å²) in [4.78, 5) is 4.20. The second kappa shape index (κ2) is 7.00. The Bertz CT molecular complexity index is 852. The average Bonchev–Trinajstić information content (AvgIpc) is 2.61. The van der Waals surface area contributed by atoms with Gasteiger partial charge in [-0.25, -0.2) is 4.39 Å². The highest BCUT2D eigenvalue weighted by Crippen LogP contribution is 2.25. The summed E-state index contributed by atoms with van der Waals surface area (Å²) >= 11 is 0. The molecule has 0 fully saturated rings. The highest BCUT2D eigenvalue weighted by Gasteiger charge is 2.05. The maximum atomic E-state index is 13.9. The summed E-state index contributed by atoms with van der Waals surface area (Å²) in [5, 5.41) is 12.7. The van der Waals surface area contributed by atoms with Crippen molar-refractivity contribution < 1.29 is 14.2 Å². The lowest BCUT2D eigenvalue weighted by Crippen LogP contribution is -2.02. The van der Waals surface area contributed by atoms with Gasteiger partial charge in [-0.3, -0.25) is 4.98 Å². The fourth-order valence-electron chi connectivity index (χ4n) is 2.39. The minimum absolute atomic E-state index is 0.198. The van der Waals surface area contributed by atoms with E-state index in [1.165, 1.54) is 6.07 Å². The van der Waals surface area contributed by atoms with E-state index < -0.39 is 0 Å². The summed E-state index contributed by atoms with van der Waals surface area (Å²) in [5.41, 5.74) is 3.00. The third-order valence-electron chi connectivity index (χ3n) is 3.65. The Balaban J connectivity index is 1.78. The molecule has 1 heterocycles. The van der Waals surface area contributed by atoms with Crippen molar-refractivity contribution in [2.75, 3.05) is 12.4 Å². The Morgan fingerprint density at radius 1 is 1.08 bits per heavy atom. The summed E-state index contributed by atoms with van der Waals surface area (Å²) < 4.78 is 19.0. The van der Waals surface area contributed by atoms with Crippen LogP contribution in [0, 0.1) is 5.82 Å². The zero-order chi connectivity index (χ0) is 16.9. The van der Waals surface area contributed by atoms with E-state index in [9.17, 15) is 9.50 Å². The molecule has 0 unspecified atom stereocenters. The first-order valence-corrected chi connectivity index (χ1v) is 7.46. The fourth-order valence-corrected chi connectivity index (χ4v) is 2.39. The van der Waals surface area contributed by atoms with Crippen molar-refractivity contribution in [3.05, 3.63) is 72.3 Å². The van der Waals surface area contributed by atoms with Gasteiger partial charge in [-0.2, -0.15) is 0 Å². The molecule has 3 aromatic rings. The smallest absolute Gasteiger partial charge is 0.128 e. The molecule has 24 heavy (non-hydrogen) atoms. The molecule has 0 saturated heterocycles. The first-order valence-electron chi connectivity index (χ1n) is 7.46. The van der Waals surface area contributed by atoms with Gasteiger partial charge in [0.05, 0.1) is 12.8 Å². The van der Waals surface area contributed by atoms with Crippen molar-refractivity contribution in [1.29, 1.82) is 0 Å². The number of nitrogens with zero attached hydrogens (tertiary/aromatic N) is 1. The number of rotatable bonds is 5. The van der Waals surface area contributed by atoms with Crippen LogP contribution in [-0.2, 0) is 6.54 Å². The number of aromatic nitrogens is 1. The van der Waals surface area contributed by atoms with Crippen LogP contribution in [0.5, 0.6) is 11.5 Å². The number of phenols is 1.